The highest BCUT2D eigenvalue weighted by atomic mass is 35.5. The lowest BCUT2D eigenvalue weighted by molar-refractivity contribution is 0.0291. The second-order valence-corrected chi connectivity index (χ2v) is 6.86. The summed E-state index contributed by atoms with van der Waals surface area (Å²) in [6.45, 7) is 7.88. The van der Waals surface area contributed by atoms with E-state index in [4.69, 9.17) is 16.3 Å². The Labute approximate surface area is 131 Å². The third-order valence-electron chi connectivity index (χ3n) is 3.35. The van der Waals surface area contributed by atoms with Crippen molar-refractivity contribution < 1.29 is 9.53 Å². The molecule has 0 spiro atoms. The number of carbonyl (C=O) groups excluding carboxylic acids is 1. The summed E-state index contributed by atoms with van der Waals surface area (Å²) in [5.74, 6) is 0. The number of rotatable bonds is 3. The van der Waals surface area contributed by atoms with Crippen molar-refractivity contribution in [3.05, 3.63) is 34.9 Å². The summed E-state index contributed by atoms with van der Waals surface area (Å²) in [6, 6.07) is 8.11. The molecule has 1 saturated heterocycles. The highest BCUT2D eigenvalue weighted by molar-refractivity contribution is 6.30. The van der Waals surface area contributed by atoms with E-state index in [0.717, 1.165) is 24.5 Å². The first kappa shape index (κ1) is 16.1. The normalized spacial score (nSPS) is 18.9. The zero-order valence-corrected chi connectivity index (χ0v) is 13.6. The fourth-order valence-corrected chi connectivity index (χ4v) is 2.41. The molecule has 1 aliphatic heterocycles. The van der Waals surface area contributed by atoms with E-state index in [1.165, 1.54) is 5.56 Å². The molecule has 1 heterocycles. The smallest absolute Gasteiger partial charge is 0.410 e. The number of amides is 1. The minimum Gasteiger partial charge on any atom is -0.444 e. The molecule has 1 fully saturated rings. The van der Waals surface area contributed by atoms with Gasteiger partial charge in [0.15, 0.2) is 0 Å². The summed E-state index contributed by atoms with van der Waals surface area (Å²) < 4.78 is 5.39. The summed E-state index contributed by atoms with van der Waals surface area (Å²) in [5, 5.41) is 4.22. The summed E-state index contributed by atoms with van der Waals surface area (Å²) in [4.78, 5) is 13.7. The fraction of sp³-hybridized carbons (Fsp3) is 0.562. The lowest BCUT2D eigenvalue weighted by Crippen LogP contribution is -2.38. The van der Waals surface area contributed by atoms with Crippen LogP contribution < -0.4 is 5.32 Å². The van der Waals surface area contributed by atoms with Gasteiger partial charge in [-0.15, -0.1) is 0 Å². The molecule has 1 N–H and O–H groups in total. The molecule has 1 aliphatic rings. The molecule has 0 saturated carbocycles. The molecule has 0 bridgehead atoms. The summed E-state index contributed by atoms with van der Waals surface area (Å²) in [6.07, 6.45) is 0.727. The Morgan fingerprint density at radius 1 is 1.38 bits per heavy atom. The Morgan fingerprint density at radius 3 is 2.67 bits per heavy atom. The molecule has 1 amide bonds. The second-order valence-electron chi connectivity index (χ2n) is 6.42. The van der Waals surface area contributed by atoms with Crippen molar-refractivity contribution in [3.8, 4) is 0 Å². The molecular formula is C16H23ClN2O2. The van der Waals surface area contributed by atoms with Crippen molar-refractivity contribution in [2.24, 2.45) is 0 Å². The molecule has 1 atom stereocenters. The van der Waals surface area contributed by atoms with E-state index in [-0.39, 0.29) is 6.09 Å². The summed E-state index contributed by atoms with van der Waals surface area (Å²) in [5.41, 5.74) is 0.751. The monoisotopic (exact) mass is 310 g/mol. The van der Waals surface area contributed by atoms with Crippen LogP contribution in [0.15, 0.2) is 24.3 Å². The van der Waals surface area contributed by atoms with E-state index < -0.39 is 5.60 Å². The zero-order valence-electron chi connectivity index (χ0n) is 12.9. The van der Waals surface area contributed by atoms with Crippen LogP contribution in [0.5, 0.6) is 0 Å². The molecule has 0 radical (unpaired) electrons. The minimum absolute atomic E-state index is 0.224. The van der Waals surface area contributed by atoms with Crippen LogP contribution in [0.2, 0.25) is 5.02 Å². The second kappa shape index (κ2) is 6.67. The maximum absolute atomic E-state index is 12.0. The largest absolute Gasteiger partial charge is 0.444 e. The molecule has 116 valence electrons. The van der Waals surface area contributed by atoms with Gasteiger partial charge in [0.2, 0.25) is 0 Å². The maximum Gasteiger partial charge on any atom is 0.410 e. The van der Waals surface area contributed by atoms with E-state index in [9.17, 15) is 4.79 Å². The van der Waals surface area contributed by atoms with Gasteiger partial charge in [0.25, 0.3) is 0 Å². The van der Waals surface area contributed by atoms with Gasteiger partial charge in [0.1, 0.15) is 5.60 Å². The molecule has 1 aromatic rings. The van der Waals surface area contributed by atoms with Crippen LogP contribution in [0.3, 0.4) is 0 Å². The molecular weight excluding hydrogens is 288 g/mol. The summed E-state index contributed by atoms with van der Waals surface area (Å²) >= 11 is 5.87. The molecule has 1 aromatic carbocycles. The van der Waals surface area contributed by atoms with Crippen molar-refractivity contribution in [3.63, 3.8) is 0 Å². The number of carbonyl (C=O) groups is 1. The van der Waals surface area contributed by atoms with Crippen LogP contribution in [0.4, 0.5) is 4.79 Å². The minimum atomic E-state index is -0.439. The first-order valence-corrected chi connectivity index (χ1v) is 7.67. The number of hydrogen-bond donors (Lipinski definition) is 1. The van der Waals surface area contributed by atoms with E-state index >= 15 is 0 Å². The summed E-state index contributed by atoms with van der Waals surface area (Å²) in [7, 11) is 0. The van der Waals surface area contributed by atoms with Crippen LogP contribution in [-0.4, -0.2) is 35.7 Å². The topological polar surface area (TPSA) is 41.6 Å². The Bertz CT molecular complexity index is 482. The number of ether oxygens (including phenoxy) is 1. The van der Waals surface area contributed by atoms with Crippen molar-refractivity contribution in [1.82, 2.24) is 10.2 Å². The van der Waals surface area contributed by atoms with Gasteiger partial charge in [-0.05, 0) is 44.9 Å². The van der Waals surface area contributed by atoms with Crippen LogP contribution in [-0.2, 0) is 11.3 Å². The first-order valence-electron chi connectivity index (χ1n) is 7.29. The third kappa shape index (κ3) is 5.21. The number of hydrogen-bond acceptors (Lipinski definition) is 3. The van der Waals surface area contributed by atoms with E-state index in [1.54, 1.807) is 4.90 Å². The average molecular weight is 311 g/mol. The van der Waals surface area contributed by atoms with Crippen LogP contribution in [0.1, 0.15) is 32.8 Å². The van der Waals surface area contributed by atoms with E-state index in [1.807, 2.05) is 45.0 Å². The van der Waals surface area contributed by atoms with Gasteiger partial charge in [-0.2, -0.15) is 0 Å². The first-order chi connectivity index (χ1) is 9.83. The van der Waals surface area contributed by atoms with Gasteiger partial charge in [0.05, 0.1) is 0 Å². The number of nitrogens with one attached hydrogen (secondary N) is 1. The van der Waals surface area contributed by atoms with Crippen molar-refractivity contribution in [1.29, 1.82) is 0 Å². The standard InChI is InChI=1S/C16H23ClN2O2/c1-16(2,3)21-15(20)19-9-8-14(11-19)18-10-12-4-6-13(17)7-5-12/h4-7,14,18H,8-11H2,1-3H3. The lowest BCUT2D eigenvalue weighted by Gasteiger charge is -2.24. The molecule has 2 rings (SSSR count). The average Bonchev–Trinajstić information content (AvgIpc) is 2.85. The molecule has 21 heavy (non-hydrogen) atoms. The van der Waals surface area contributed by atoms with Gasteiger partial charge in [0, 0.05) is 30.7 Å². The Balaban J connectivity index is 1.77. The predicted octanol–water partition coefficient (Wildman–Crippen LogP) is 3.44. The Morgan fingerprint density at radius 2 is 2.05 bits per heavy atom. The lowest BCUT2D eigenvalue weighted by atomic mass is 10.2. The number of halogens is 1. The number of nitrogens with zero attached hydrogens (tertiary/aromatic N) is 1. The fourth-order valence-electron chi connectivity index (χ4n) is 2.28. The van der Waals surface area contributed by atoms with Gasteiger partial charge < -0.3 is 15.0 Å². The van der Waals surface area contributed by atoms with E-state index in [2.05, 4.69) is 5.32 Å². The predicted molar refractivity (Wildman–Crippen MR) is 84.5 cm³/mol. The van der Waals surface area contributed by atoms with Crippen molar-refractivity contribution in [2.45, 2.75) is 45.4 Å². The highest BCUT2D eigenvalue weighted by Crippen LogP contribution is 2.16. The van der Waals surface area contributed by atoms with Crippen LogP contribution in [0.25, 0.3) is 0 Å². The van der Waals surface area contributed by atoms with Crippen molar-refractivity contribution in [2.75, 3.05) is 13.1 Å². The molecule has 5 heteroatoms. The number of likely N-dealkylation sites (tertiary alicyclic amines) is 1. The van der Waals surface area contributed by atoms with Crippen LogP contribution in [0, 0.1) is 0 Å². The molecule has 1 unspecified atom stereocenters. The van der Waals surface area contributed by atoms with Crippen LogP contribution >= 0.6 is 11.6 Å². The maximum atomic E-state index is 12.0. The zero-order chi connectivity index (χ0) is 15.5. The quantitative estimate of drug-likeness (QED) is 0.930. The van der Waals surface area contributed by atoms with E-state index in [0.29, 0.717) is 12.6 Å². The van der Waals surface area contributed by atoms with Crippen molar-refractivity contribution >= 4 is 17.7 Å². The molecule has 0 aliphatic carbocycles. The SMILES string of the molecule is CC(C)(C)OC(=O)N1CCC(NCc2ccc(Cl)cc2)C1. The third-order valence-corrected chi connectivity index (χ3v) is 3.60. The van der Waals surface area contributed by atoms with Gasteiger partial charge >= 0.3 is 6.09 Å². The Kier molecular flexibility index (Phi) is 5.12. The number of benzene rings is 1. The van der Waals surface area contributed by atoms with Gasteiger partial charge in [-0.25, -0.2) is 4.79 Å². The molecule has 4 nitrogen and oxygen atoms in total. The van der Waals surface area contributed by atoms with Gasteiger partial charge in [-0.3, -0.25) is 0 Å². The molecule has 0 aromatic heterocycles. The highest BCUT2D eigenvalue weighted by Gasteiger charge is 2.29. The van der Waals surface area contributed by atoms with Gasteiger partial charge in [-0.1, -0.05) is 23.7 Å². The Hall–Kier alpha value is -1.26.